The maximum absolute atomic E-state index is 10.5. The molecule has 9 heavy (non-hydrogen) atoms. The lowest BCUT2D eigenvalue weighted by atomic mass is 10.2. The van der Waals surface area contributed by atoms with Crippen LogP contribution >= 0.6 is 0 Å². The average Bonchev–Trinajstić information content (AvgIpc) is 2.40. The lowest BCUT2D eigenvalue weighted by Crippen LogP contribution is -2.38. The summed E-state index contributed by atoms with van der Waals surface area (Å²) in [6.45, 7) is 0. The van der Waals surface area contributed by atoms with Crippen LogP contribution in [0.3, 0.4) is 0 Å². The number of fused-ring (bicyclic) bond motifs is 1. The number of amides is 1. The van der Waals surface area contributed by atoms with Crippen molar-refractivity contribution in [3.63, 3.8) is 0 Å². The van der Waals surface area contributed by atoms with E-state index in [4.69, 9.17) is 5.73 Å². The summed E-state index contributed by atoms with van der Waals surface area (Å²) < 4.78 is 0. The van der Waals surface area contributed by atoms with Crippen molar-refractivity contribution in [2.75, 3.05) is 0 Å². The van der Waals surface area contributed by atoms with Crippen LogP contribution in [0.25, 0.3) is 0 Å². The molecule has 2 fully saturated rings. The van der Waals surface area contributed by atoms with E-state index < -0.39 is 0 Å². The normalized spacial score (nSPS) is 46.4. The summed E-state index contributed by atoms with van der Waals surface area (Å²) in [5.41, 5.74) is 5.08. The number of hydrogen-bond donors (Lipinski definition) is 2. The average molecular weight is 126 g/mol. The molecule has 0 aromatic carbocycles. The zero-order chi connectivity index (χ0) is 6.43. The Hall–Kier alpha value is -0.570. The molecule has 50 valence electrons. The molecule has 1 saturated heterocycles. The van der Waals surface area contributed by atoms with Crippen molar-refractivity contribution in [2.24, 2.45) is 11.7 Å². The van der Waals surface area contributed by atoms with Crippen LogP contribution < -0.4 is 11.1 Å². The van der Waals surface area contributed by atoms with E-state index in [0.717, 1.165) is 12.3 Å². The van der Waals surface area contributed by atoms with Gasteiger partial charge in [-0.25, -0.2) is 0 Å². The molecule has 1 unspecified atom stereocenters. The fraction of sp³-hybridized carbons (Fsp3) is 0.833. The Balaban J connectivity index is 1.97. The van der Waals surface area contributed by atoms with Gasteiger partial charge in [-0.15, -0.1) is 0 Å². The van der Waals surface area contributed by atoms with Crippen molar-refractivity contribution in [3.05, 3.63) is 0 Å². The third-order valence-electron chi connectivity index (χ3n) is 2.22. The molecule has 1 aliphatic carbocycles. The summed E-state index contributed by atoms with van der Waals surface area (Å²) >= 11 is 0. The van der Waals surface area contributed by atoms with Crippen LogP contribution in [0.2, 0.25) is 0 Å². The van der Waals surface area contributed by atoms with Gasteiger partial charge in [-0.3, -0.25) is 4.79 Å². The summed E-state index contributed by atoms with van der Waals surface area (Å²) in [6.07, 6.45) is 2.23. The number of nitrogens with one attached hydrogen (secondary N) is 1. The van der Waals surface area contributed by atoms with E-state index in [1.54, 1.807) is 0 Å². The van der Waals surface area contributed by atoms with E-state index in [2.05, 4.69) is 5.32 Å². The Kier molecular flexibility index (Phi) is 0.858. The van der Waals surface area contributed by atoms with Gasteiger partial charge in [-0.05, 0) is 18.8 Å². The summed E-state index contributed by atoms with van der Waals surface area (Å²) in [5, 5.41) is 3.15. The van der Waals surface area contributed by atoms with Crippen molar-refractivity contribution in [1.29, 1.82) is 0 Å². The molecule has 2 rings (SSSR count). The molecular formula is C6H10N2O. The second-order valence-electron chi connectivity index (χ2n) is 2.96. The standard InChI is InChI=1S/C6H10N2O/c7-6(9)5-2-3-1-4(3)8-5/h3-5,8H,1-2H2,(H2,7,9)/t3-,4?,5-/m0/s1. The molecule has 0 spiro atoms. The Morgan fingerprint density at radius 1 is 1.56 bits per heavy atom. The molecule has 2 aliphatic rings. The molecule has 1 aliphatic heterocycles. The highest BCUT2D eigenvalue weighted by Gasteiger charge is 2.47. The summed E-state index contributed by atoms with van der Waals surface area (Å²) in [6, 6.07) is 0.608. The lowest BCUT2D eigenvalue weighted by molar-refractivity contribution is -0.119. The van der Waals surface area contributed by atoms with Crippen molar-refractivity contribution in [2.45, 2.75) is 24.9 Å². The minimum absolute atomic E-state index is 0.0197. The Morgan fingerprint density at radius 3 is 2.67 bits per heavy atom. The van der Waals surface area contributed by atoms with Crippen molar-refractivity contribution >= 4 is 5.91 Å². The molecule has 3 nitrogen and oxygen atoms in total. The third kappa shape index (κ3) is 0.721. The number of nitrogens with two attached hydrogens (primary N) is 1. The number of primary amides is 1. The van der Waals surface area contributed by atoms with Gasteiger partial charge in [0.25, 0.3) is 0 Å². The molecule has 0 aromatic rings. The molecule has 3 N–H and O–H groups in total. The molecular weight excluding hydrogens is 116 g/mol. The van der Waals surface area contributed by atoms with Gasteiger partial charge in [-0.2, -0.15) is 0 Å². The first-order chi connectivity index (χ1) is 4.27. The van der Waals surface area contributed by atoms with Crippen LogP contribution in [0.4, 0.5) is 0 Å². The van der Waals surface area contributed by atoms with Gasteiger partial charge in [0, 0.05) is 6.04 Å². The summed E-state index contributed by atoms with van der Waals surface area (Å²) in [4.78, 5) is 10.5. The zero-order valence-electron chi connectivity index (χ0n) is 5.13. The highest BCUT2D eigenvalue weighted by molar-refractivity contribution is 5.80. The highest BCUT2D eigenvalue weighted by Crippen LogP contribution is 2.40. The first-order valence-electron chi connectivity index (χ1n) is 3.33. The Labute approximate surface area is 53.6 Å². The van der Waals surface area contributed by atoms with Gasteiger partial charge in [0.05, 0.1) is 6.04 Å². The molecule has 3 atom stereocenters. The van der Waals surface area contributed by atoms with Crippen LogP contribution in [0.5, 0.6) is 0 Å². The molecule has 1 saturated carbocycles. The summed E-state index contributed by atoms with van der Waals surface area (Å²) in [5.74, 6) is 0.574. The number of piperidine rings is 1. The van der Waals surface area contributed by atoms with Crippen LogP contribution in [0, 0.1) is 5.92 Å². The second kappa shape index (κ2) is 1.48. The molecule has 0 radical (unpaired) electrons. The van der Waals surface area contributed by atoms with E-state index in [-0.39, 0.29) is 11.9 Å². The first kappa shape index (κ1) is 5.23. The van der Waals surface area contributed by atoms with Gasteiger partial charge >= 0.3 is 0 Å². The second-order valence-corrected chi connectivity index (χ2v) is 2.96. The van der Waals surface area contributed by atoms with Crippen LogP contribution in [0.1, 0.15) is 12.8 Å². The van der Waals surface area contributed by atoms with Gasteiger partial charge in [-0.1, -0.05) is 0 Å². The molecule has 3 heteroatoms. The van der Waals surface area contributed by atoms with Crippen LogP contribution in [-0.4, -0.2) is 18.0 Å². The van der Waals surface area contributed by atoms with Crippen LogP contribution in [-0.2, 0) is 4.79 Å². The SMILES string of the molecule is NC(=O)[C@@H]1C[C@@H]2CC2N1. The quantitative estimate of drug-likeness (QED) is 0.484. The van der Waals surface area contributed by atoms with Crippen LogP contribution in [0.15, 0.2) is 0 Å². The minimum Gasteiger partial charge on any atom is -0.368 e. The topological polar surface area (TPSA) is 55.1 Å². The first-order valence-corrected chi connectivity index (χ1v) is 3.33. The van der Waals surface area contributed by atoms with E-state index in [9.17, 15) is 4.79 Å². The van der Waals surface area contributed by atoms with E-state index in [1.165, 1.54) is 6.42 Å². The highest BCUT2D eigenvalue weighted by atomic mass is 16.1. The lowest BCUT2D eigenvalue weighted by Gasteiger charge is -2.06. The third-order valence-corrected chi connectivity index (χ3v) is 2.22. The van der Waals surface area contributed by atoms with Gasteiger partial charge in [0.15, 0.2) is 0 Å². The molecule has 0 bridgehead atoms. The maximum atomic E-state index is 10.5. The summed E-state index contributed by atoms with van der Waals surface area (Å²) in [7, 11) is 0. The number of rotatable bonds is 1. The zero-order valence-corrected chi connectivity index (χ0v) is 5.13. The smallest absolute Gasteiger partial charge is 0.234 e. The molecule has 1 amide bonds. The molecule has 1 heterocycles. The largest absolute Gasteiger partial charge is 0.368 e. The molecule has 0 aromatic heterocycles. The van der Waals surface area contributed by atoms with E-state index in [0.29, 0.717) is 6.04 Å². The van der Waals surface area contributed by atoms with Crippen molar-refractivity contribution in [1.82, 2.24) is 5.32 Å². The van der Waals surface area contributed by atoms with Crippen molar-refractivity contribution < 1.29 is 4.79 Å². The minimum atomic E-state index is -0.192. The Morgan fingerprint density at radius 2 is 2.33 bits per heavy atom. The Bertz CT molecular complexity index is 147. The van der Waals surface area contributed by atoms with Crippen molar-refractivity contribution in [3.8, 4) is 0 Å². The predicted molar refractivity (Wildman–Crippen MR) is 32.6 cm³/mol. The number of carbonyl (C=O) groups is 1. The fourth-order valence-corrected chi connectivity index (χ4v) is 1.54. The number of hydrogen-bond acceptors (Lipinski definition) is 2. The number of carbonyl (C=O) groups excluding carboxylic acids is 1. The van der Waals surface area contributed by atoms with Gasteiger partial charge < -0.3 is 11.1 Å². The monoisotopic (exact) mass is 126 g/mol. The maximum Gasteiger partial charge on any atom is 0.234 e. The van der Waals surface area contributed by atoms with E-state index in [1.807, 2.05) is 0 Å². The van der Waals surface area contributed by atoms with E-state index >= 15 is 0 Å². The van der Waals surface area contributed by atoms with Gasteiger partial charge in [0.1, 0.15) is 0 Å². The van der Waals surface area contributed by atoms with Gasteiger partial charge in [0.2, 0.25) is 5.91 Å². The predicted octanol–water partition coefficient (Wildman–Crippen LogP) is -0.778. The fourth-order valence-electron chi connectivity index (χ4n) is 1.54.